The molecule has 3 rings (SSSR count). The Morgan fingerprint density at radius 2 is 2.29 bits per heavy atom. The van der Waals surface area contributed by atoms with Crippen LogP contribution in [-0.2, 0) is 0 Å². The number of anilines is 1. The van der Waals surface area contributed by atoms with E-state index in [9.17, 15) is 0 Å². The molecule has 1 fully saturated rings. The minimum absolute atomic E-state index is 0.224. The van der Waals surface area contributed by atoms with Crippen LogP contribution < -0.4 is 5.32 Å². The predicted molar refractivity (Wildman–Crippen MR) is 67.1 cm³/mol. The highest BCUT2D eigenvalue weighted by molar-refractivity contribution is 6.28. The zero-order chi connectivity index (χ0) is 12.0. The molecule has 1 atom stereocenters. The van der Waals surface area contributed by atoms with Crippen LogP contribution >= 0.6 is 11.6 Å². The van der Waals surface area contributed by atoms with Gasteiger partial charge in [0.05, 0.1) is 6.33 Å². The van der Waals surface area contributed by atoms with E-state index in [-0.39, 0.29) is 5.28 Å². The van der Waals surface area contributed by atoms with Crippen molar-refractivity contribution in [2.24, 2.45) is 11.3 Å². The number of rotatable bonds is 3. The monoisotopic (exact) mass is 251 g/mol. The van der Waals surface area contributed by atoms with Gasteiger partial charge >= 0.3 is 0 Å². The van der Waals surface area contributed by atoms with Gasteiger partial charge in [-0.15, -0.1) is 0 Å². The Kier molecular flexibility index (Phi) is 2.26. The van der Waals surface area contributed by atoms with Crippen LogP contribution in [-0.4, -0.2) is 26.5 Å². The summed E-state index contributed by atoms with van der Waals surface area (Å²) < 4.78 is 0. The Balaban J connectivity index is 1.82. The summed E-state index contributed by atoms with van der Waals surface area (Å²) in [4.78, 5) is 15.3. The highest BCUT2D eigenvalue weighted by Crippen LogP contribution is 2.51. The molecule has 17 heavy (non-hydrogen) atoms. The highest BCUT2D eigenvalue weighted by Gasteiger charge is 2.45. The predicted octanol–water partition coefficient (Wildman–Crippen LogP) is 2.46. The van der Waals surface area contributed by atoms with E-state index in [1.165, 1.54) is 6.42 Å². The first-order chi connectivity index (χ1) is 8.06. The SMILES string of the molecule is CC1(C)CC1CNc1nc(Cl)nc2nc[nH]c12. The summed E-state index contributed by atoms with van der Waals surface area (Å²) in [6, 6.07) is 0. The van der Waals surface area contributed by atoms with Crippen molar-refractivity contribution in [1.29, 1.82) is 0 Å². The smallest absolute Gasteiger partial charge is 0.226 e. The first kappa shape index (κ1) is 10.8. The van der Waals surface area contributed by atoms with E-state index in [4.69, 9.17) is 11.6 Å². The fourth-order valence-corrected chi connectivity index (χ4v) is 2.24. The van der Waals surface area contributed by atoms with Crippen LogP contribution in [0, 0.1) is 11.3 Å². The number of fused-ring (bicyclic) bond motifs is 1. The maximum absolute atomic E-state index is 5.85. The van der Waals surface area contributed by atoms with Crippen molar-refractivity contribution in [3.63, 3.8) is 0 Å². The summed E-state index contributed by atoms with van der Waals surface area (Å²) in [6.45, 7) is 5.46. The first-order valence-electron chi connectivity index (χ1n) is 5.67. The number of halogens is 1. The van der Waals surface area contributed by atoms with Crippen LogP contribution in [0.4, 0.5) is 5.82 Å². The summed E-state index contributed by atoms with van der Waals surface area (Å²) in [5, 5.41) is 3.55. The molecule has 1 unspecified atom stereocenters. The first-order valence-corrected chi connectivity index (χ1v) is 6.04. The molecule has 2 aromatic rings. The number of hydrogen-bond donors (Lipinski definition) is 2. The topological polar surface area (TPSA) is 66.5 Å². The van der Waals surface area contributed by atoms with Gasteiger partial charge in [0.25, 0.3) is 0 Å². The molecular weight excluding hydrogens is 238 g/mol. The van der Waals surface area contributed by atoms with Gasteiger partial charge in [0.1, 0.15) is 5.52 Å². The molecule has 0 bridgehead atoms. The normalized spacial score (nSPS) is 21.7. The van der Waals surface area contributed by atoms with Crippen molar-refractivity contribution in [2.75, 3.05) is 11.9 Å². The van der Waals surface area contributed by atoms with Gasteiger partial charge in [-0.25, -0.2) is 4.98 Å². The van der Waals surface area contributed by atoms with Crippen LogP contribution in [0.1, 0.15) is 20.3 Å². The number of hydrogen-bond acceptors (Lipinski definition) is 4. The average molecular weight is 252 g/mol. The number of aromatic amines is 1. The Morgan fingerprint density at radius 1 is 1.53 bits per heavy atom. The van der Waals surface area contributed by atoms with Gasteiger partial charge in [-0.2, -0.15) is 9.97 Å². The van der Waals surface area contributed by atoms with E-state index in [1.54, 1.807) is 6.33 Å². The van der Waals surface area contributed by atoms with Crippen LogP contribution in [0.5, 0.6) is 0 Å². The quantitative estimate of drug-likeness (QED) is 0.823. The van der Waals surface area contributed by atoms with Gasteiger partial charge in [-0.3, -0.25) is 0 Å². The standard InChI is InChI=1S/C11H14ClN5/c1-11(2)3-6(11)4-13-8-7-9(15-5-14-7)17-10(12)16-8/h5-6H,3-4H2,1-2H3,(H2,13,14,15,16,17). The van der Waals surface area contributed by atoms with Crippen molar-refractivity contribution in [3.8, 4) is 0 Å². The van der Waals surface area contributed by atoms with E-state index in [0.29, 0.717) is 17.0 Å². The highest BCUT2D eigenvalue weighted by atomic mass is 35.5. The number of nitrogens with one attached hydrogen (secondary N) is 2. The molecule has 1 aliphatic rings. The summed E-state index contributed by atoms with van der Waals surface area (Å²) in [5.74, 6) is 1.44. The van der Waals surface area contributed by atoms with Gasteiger partial charge in [0.2, 0.25) is 5.28 Å². The number of nitrogens with zero attached hydrogens (tertiary/aromatic N) is 3. The third-order valence-corrected chi connectivity index (χ3v) is 3.66. The van der Waals surface area contributed by atoms with Gasteiger partial charge < -0.3 is 10.3 Å². The lowest BCUT2D eigenvalue weighted by molar-refractivity contribution is 0.573. The van der Waals surface area contributed by atoms with Crippen molar-refractivity contribution in [2.45, 2.75) is 20.3 Å². The Hall–Kier alpha value is -1.36. The van der Waals surface area contributed by atoms with Crippen LogP contribution in [0.2, 0.25) is 5.28 Å². The maximum Gasteiger partial charge on any atom is 0.226 e. The summed E-state index contributed by atoms with van der Waals surface area (Å²) in [6.07, 6.45) is 2.85. The molecule has 6 heteroatoms. The summed E-state index contributed by atoms with van der Waals surface area (Å²) in [7, 11) is 0. The zero-order valence-electron chi connectivity index (χ0n) is 9.79. The average Bonchev–Trinajstić information content (AvgIpc) is 2.69. The molecule has 0 saturated heterocycles. The third-order valence-electron chi connectivity index (χ3n) is 3.49. The number of H-pyrrole nitrogens is 1. The van der Waals surface area contributed by atoms with Gasteiger partial charge in [-0.1, -0.05) is 13.8 Å². The molecule has 0 spiro atoms. The van der Waals surface area contributed by atoms with E-state index in [2.05, 4.69) is 39.1 Å². The number of aromatic nitrogens is 4. The minimum Gasteiger partial charge on any atom is -0.368 e. The lowest BCUT2D eigenvalue weighted by Gasteiger charge is -2.07. The molecule has 1 aliphatic carbocycles. The fraction of sp³-hybridized carbons (Fsp3) is 0.545. The van der Waals surface area contributed by atoms with Crippen molar-refractivity contribution < 1.29 is 0 Å². The Bertz CT molecular complexity index is 562. The molecular formula is C11H14ClN5. The Labute approximate surface area is 104 Å². The van der Waals surface area contributed by atoms with Crippen LogP contribution in [0.3, 0.4) is 0 Å². The maximum atomic E-state index is 5.85. The molecule has 2 aromatic heterocycles. The largest absolute Gasteiger partial charge is 0.368 e. The molecule has 90 valence electrons. The van der Waals surface area contributed by atoms with Gasteiger partial charge in [-0.05, 0) is 29.4 Å². The zero-order valence-corrected chi connectivity index (χ0v) is 10.5. The van der Waals surface area contributed by atoms with Crippen molar-refractivity contribution in [1.82, 2.24) is 19.9 Å². The van der Waals surface area contributed by atoms with Gasteiger partial charge in [0.15, 0.2) is 11.5 Å². The lowest BCUT2D eigenvalue weighted by Crippen LogP contribution is -2.09. The molecule has 0 radical (unpaired) electrons. The molecule has 1 saturated carbocycles. The lowest BCUT2D eigenvalue weighted by atomic mass is 10.1. The van der Waals surface area contributed by atoms with Crippen molar-refractivity contribution >= 4 is 28.6 Å². The van der Waals surface area contributed by atoms with Crippen LogP contribution in [0.15, 0.2) is 6.33 Å². The van der Waals surface area contributed by atoms with Crippen molar-refractivity contribution in [3.05, 3.63) is 11.6 Å². The van der Waals surface area contributed by atoms with Crippen LogP contribution in [0.25, 0.3) is 11.2 Å². The molecule has 0 aromatic carbocycles. The molecule has 0 amide bonds. The molecule has 2 heterocycles. The fourth-order valence-electron chi connectivity index (χ4n) is 2.08. The molecule has 0 aliphatic heterocycles. The third kappa shape index (κ3) is 1.95. The second kappa shape index (κ2) is 3.57. The van der Waals surface area contributed by atoms with E-state index >= 15 is 0 Å². The second-order valence-corrected chi connectivity index (χ2v) is 5.55. The molecule has 2 N–H and O–H groups in total. The summed E-state index contributed by atoms with van der Waals surface area (Å²) in [5.41, 5.74) is 1.87. The van der Waals surface area contributed by atoms with Gasteiger partial charge in [0, 0.05) is 6.54 Å². The number of imidazole rings is 1. The second-order valence-electron chi connectivity index (χ2n) is 5.21. The molecule has 5 nitrogen and oxygen atoms in total. The Morgan fingerprint density at radius 3 is 3.00 bits per heavy atom. The van der Waals surface area contributed by atoms with E-state index < -0.39 is 0 Å². The van der Waals surface area contributed by atoms with E-state index in [1.807, 2.05) is 0 Å². The minimum atomic E-state index is 0.224. The van der Waals surface area contributed by atoms with E-state index in [0.717, 1.165) is 17.9 Å². The summed E-state index contributed by atoms with van der Waals surface area (Å²) >= 11 is 5.85.